The zero-order valence-corrected chi connectivity index (χ0v) is 12.3. The van der Waals surface area contributed by atoms with Crippen LogP contribution in [0.2, 0.25) is 0 Å². The Bertz CT molecular complexity index is 805. The second-order valence-electron chi connectivity index (χ2n) is 4.88. The summed E-state index contributed by atoms with van der Waals surface area (Å²) >= 11 is 1.56. The number of ether oxygens (including phenoxy) is 1. The van der Waals surface area contributed by atoms with Crippen molar-refractivity contribution in [3.8, 4) is 5.75 Å². The average Bonchev–Trinajstić information content (AvgIpc) is 2.87. The Morgan fingerprint density at radius 1 is 1.19 bits per heavy atom. The number of benzene rings is 2. The van der Waals surface area contributed by atoms with Crippen LogP contribution < -0.4 is 4.74 Å². The van der Waals surface area contributed by atoms with Crippen molar-refractivity contribution < 1.29 is 14.6 Å². The quantitative estimate of drug-likeness (QED) is 0.772. The Labute approximate surface area is 126 Å². The van der Waals surface area contributed by atoms with Crippen LogP contribution in [0.3, 0.4) is 0 Å². The van der Waals surface area contributed by atoms with Gasteiger partial charge in [0.1, 0.15) is 12.4 Å². The van der Waals surface area contributed by atoms with Crippen LogP contribution in [0.1, 0.15) is 20.8 Å². The number of aryl methyl sites for hydroxylation is 1. The maximum absolute atomic E-state index is 11.0. The zero-order valence-electron chi connectivity index (χ0n) is 11.5. The van der Waals surface area contributed by atoms with Gasteiger partial charge in [-0.1, -0.05) is 18.2 Å². The SMILES string of the molecule is Cc1cccc(OCc2cc3ccc(C(=O)O)cc3s2)c1. The highest BCUT2D eigenvalue weighted by atomic mass is 32.1. The number of thiophene rings is 1. The number of carboxylic acid groups (broad SMARTS) is 1. The van der Waals surface area contributed by atoms with Crippen molar-refractivity contribution in [2.75, 3.05) is 0 Å². The maximum atomic E-state index is 11.0. The van der Waals surface area contributed by atoms with Gasteiger partial charge in [0, 0.05) is 9.58 Å². The molecule has 0 fully saturated rings. The van der Waals surface area contributed by atoms with Gasteiger partial charge in [-0.3, -0.25) is 0 Å². The molecule has 3 rings (SSSR count). The summed E-state index contributed by atoms with van der Waals surface area (Å²) in [7, 11) is 0. The Kier molecular flexibility index (Phi) is 3.62. The smallest absolute Gasteiger partial charge is 0.335 e. The van der Waals surface area contributed by atoms with Gasteiger partial charge in [-0.15, -0.1) is 11.3 Å². The summed E-state index contributed by atoms with van der Waals surface area (Å²) < 4.78 is 6.74. The molecule has 21 heavy (non-hydrogen) atoms. The minimum atomic E-state index is -0.900. The second kappa shape index (κ2) is 5.58. The third-order valence-corrected chi connectivity index (χ3v) is 4.26. The van der Waals surface area contributed by atoms with Gasteiger partial charge in [0.25, 0.3) is 0 Å². The molecule has 0 saturated carbocycles. The number of carbonyl (C=O) groups is 1. The highest BCUT2D eigenvalue weighted by Crippen LogP contribution is 2.28. The molecule has 1 aromatic heterocycles. The fraction of sp³-hybridized carbons (Fsp3) is 0.118. The van der Waals surface area contributed by atoms with Crippen molar-refractivity contribution >= 4 is 27.4 Å². The molecular formula is C17H14O3S. The van der Waals surface area contributed by atoms with Crippen LogP contribution in [0.5, 0.6) is 5.75 Å². The third kappa shape index (κ3) is 3.06. The van der Waals surface area contributed by atoms with E-state index in [1.54, 1.807) is 23.5 Å². The van der Waals surface area contributed by atoms with Crippen LogP contribution in [0.15, 0.2) is 48.5 Å². The molecule has 0 radical (unpaired) electrons. The highest BCUT2D eigenvalue weighted by molar-refractivity contribution is 7.19. The molecule has 0 saturated heterocycles. The molecule has 0 aliphatic rings. The van der Waals surface area contributed by atoms with E-state index in [4.69, 9.17) is 9.84 Å². The summed E-state index contributed by atoms with van der Waals surface area (Å²) in [5.41, 5.74) is 1.48. The Balaban J connectivity index is 1.80. The van der Waals surface area contributed by atoms with Gasteiger partial charge < -0.3 is 9.84 Å². The zero-order chi connectivity index (χ0) is 14.8. The van der Waals surface area contributed by atoms with Crippen molar-refractivity contribution in [1.82, 2.24) is 0 Å². The molecule has 0 aliphatic heterocycles. The first-order valence-electron chi connectivity index (χ1n) is 6.57. The van der Waals surface area contributed by atoms with Crippen LogP contribution in [0.25, 0.3) is 10.1 Å². The van der Waals surface area contributed by atoms with E-state index in [1.807, 2.05) is 43.3 Å². The summed E-state index contributed by atoms with van der Waals surface area (Å²) in [4.78, 5) is 12.1. The fourth-order valence-electron chi connectivity index (χ4n) is 2.15. The van der Waals surface area contributed by atoms with Crippen LogP contribution >= 0.6 is 11.3 Å². The van der Waals surface area contributed by atoms with E-state index < -0.39 is 5.97 Å². The van der Waals surface area contributed by atoms with Crippen LogP contribution in [0, 0.1) is 6.92 Å². The molecular weight excluding hydrogens is 284 g/mol. The standard InChI is InChI=1S/C17H14O3S/c1-11-3-2-4-14(7-11)20-10-15-8-12-5-6-13(17(18)19)9-16(12)21-15/h2-9H,10H2,1H3,(H,18,19). The first kappa shape index (κ1) is 13.6. The second-order valence-corrected chi connectivity index (χ2v) is 6.04. The molecule has 4 heteroatoms. The summed E-state index contributed by atoms with van der Waals surface area (Å²) in [5.74, 6) is -0.0541. The molecule has 0 spiro atoms. The number of carboxylic acids is 1. The predicted octanol–water partition coefficient (Wildman–Crippen LogP) is 4.49. The molecule has 0 atom stereocenters. The highest BCUT2D eigenvalue weighted by Gasteiger charge is 2.07. The summed E-state index contributed by atoms with van der Waals surface area (Å²) in [5, 5.41) is 10.1. The Hall–Kier alpha value is -2.33. The number of rotatable bonds is 4. The normalized spacial score (nSPS) is 10.7. The molecule has 2 aromatic carbocycles. The summed E-state index contributed by atoms with van der Waals surface area (Å²) in [6.45, 7) is 2.52. The van der Waals surface area contributed by atoms with E-state index in [-0.39, 0.29) is 0 Å². The van der Waals surface area contributed by atoms with E-state index in [1.165, 1.54) is 0 Å². The van der Waals surface area contributed by atoms with Gasteiger partial charge in [-0.2, -0.15) is 0 Å². The Morgan fingerprint density at radius 2 is 2.05 bits per heavy atom. The van der Waals surface area contributed by atoms with Gasteiger partial charge in [-0.05, 0) is 48.2 Å². The monoisotopic (exact) mass is 298 g/mol. The van der Waals surface area contributed by atoms with Gasteiger partial charge >= 0.3 is 5.97 Å². The molecule has 3 aromatic rings. The van der Waals surface area contributed by atoms with Gasteiger partial charge in [0.15, 0.2) is 0 Å². The predicted molar refractivity (Wildman–Crippen MR) is 84.3 cm³/mol. The van der Waals surface area contributed by atoms with E-state index in [2.05, 4.69) is 0 Å². The lowest BCUT2D eigenvalue weighted by Gasteiger charge is -2.04. The van der Waals surface area contributed by atoms with E-state index in [0.717, 1.165) is 26.3 Å². The summed E-state index contributed by atoms with van der Waals surface area (Å²) in [6, 6.07) is 15.1. The molecule has 0 amide bonds. The van der Waals surface area contributed by atoms with Crippen molar-refractivity contribution in [2.24, 2.45) is 0 Å². The lowest BCUT2D eigenvalue weighted by molar-refractivity contribution is 0.0697. The van der Waals surface area contributed by atoms with Crippen molar-refractivity contribution in [3.05, 3.63) is 64.5 Å². The molecule has 3 nitrogen and oxygen atoms in total. The average molecular weight is 298 g/mol. The first-order valence-corrected chi connectivity index (χ1v) is 7.39. The van der Waals surface area contributed by atoms with E-state index in [0.29, 0.717) is 12.2 Å². The van der Waals surface area contributed by atoms with Gasteiger partial charge in [0.05, 0.1) is 5.56 Å². The number of hydrogen-bond acceptors (Lipinski definition) is 3. The molecule has 0 aliphatic carbocycles. The first-order chi connectivity index (χ1) is 10.1. The lowest BCUT2D eigenvalue weighted by atomic mass is 10.2. The van der Waals surface area contributed by atoms with E-state index >= 15 is 0 Å². The minimum absolute atomic E-state index is 0.315. The largest absolute Gasteiger partial charge is 0.488 e. The molecule has 0 unspecified atom stereocenters. The Morgan fingerprint density at radius 3 is 2.81 bits per heavy atom. The maximum Gasteiger partial charge on any atom is 0.335 e. The number of hydrogen-bond donors (Lipinski definition) is 1. The molecule has 1 N–H and O–H groups in total. The van der Waals surface area contributed by atoms with Gasteiger partial charge in [0.2, 0.25) is 0 Å². The van der Waals surface area contributed by atoms with Crippen LogP contribution in [-0.2, 0) is 6.61 Å². The third-order valence-electron chi connectivity index (χ3n) is 3.19. The van der Waals surface area contributed by atoms with E-state index in [9.17, 15) is 4.79 Å². The van der Waals surface area contributed by atoms with Crippen LogP contribution in [-0.4, -0.2) is 11.1 Å². The molecule has 106 valence electrons. The number of fused-ring (bicyclic) bond motifs is 1. The minimum Gasteiger partial charge on any atom is -0.488 e. The van der Waals surface area contributed by atoms with Gasteiger partial charge in [-0.25, -0.2) is 4.79 Å². The lowest BCUT2D eigenvalue weighted by Crippen LogP contribution is -1.94. The topological polar surface area (TPSA) is 46.5 Å². The fourth-order valence-corrected chi connectivity index (χ4v) is 3.17. The molecule has 0 bridgehead atoms. The molecule has 1 heterocycles. The van der Waals surface area contributed by atoms with Crippen molar-refractivity contribution in [3.63, 3.8) is 0 Å². The van der Waals surface area contributed by atoms with Crippen molar-refractivity contribution in [2.45, 2.75) is 13.5 Å². The van der Waals surface area contributed by atoms with Crippen molar-refractivity contribution in [1.29, 1.82) is 0 Å². The summed E-state index contributed by atoms with van der Waals surface area (Å²) in [6.07, 6.45) is 0. The van der Waals surface area contributed by atoms with Crippen LogP contribution in [0.4, 0.5) is 0 Å². The number of aromatic carboxylic acids is 1.